The van der Waals surface area contributed by atoms with Gasteiger partial charge in [-0.2, -0.15) is 0 Å². The number of rotatable bonds is 2. The summed E-state index contributed by atoms with van der Waals surface area (Å²) < 4.78 is 1.07. The first-order chi connectivity index (χ1) is 7.61. The van der Waals surface area contributed by atoms with Crippen LogP contribution in [0.15, 0.2) is 22.7 Å². The molecule has 2 rings (SSSR count). The maximum atomic E-state index is 11.8. The minimum absolute atomic E-state index is 0.178. The molecule has 4 heteroatoms. The van der Waals surface area contributed by atoms with E-state index in [9.17, 15) is 4.79 Å². The third-order valence-corrected chi connectivity index (χ3v) is 3.88. The number of halogens is 1. The monoisotopic (exact) mass is 282 g/mol. The first-order valence-electron chi connectivity index (χ1n) is 5.38. The van der Waals surface area contributed by atoms with E-state index in [1.807, 2.05) is 30.0 Å². The fourth-order valence-electron chi connectivity index (χ4n) is 1.99. The van der Waals surface area contributed by atoms with Crippen LogP contribution in [0.5, 0.6) is 0 Å². The van der Waals surface area contributed by atoms with E-state index in [0.29, 0.717) is 18.9 Å². The number of hydrogen-bond acceptors (Lipinski definition) is 2. The molecule has 1 amide bonds. The number of hydrogen-bond donors (Lipinski definition) is 1. The molecule has 0 radical (unpaired) electrons. The van der Waals surface area contributed by atoms with Crippen molar-refractivity contribution in [3.63, 3.8) is 0 Å². The molecule has 86 valence electrons. The zero-order chi connectivity index (χ0) is 11.7. The van der Waals surface area contributed by atoms with Gasteiger partial charge in [0.15, 0.2) is 0 Å². The van der Waals surface area contributed by atoms with Crippen LogP contribution in [0.25, 0.3) is 0 Å². The second-order valence-corrected chi connectivity index (χ2v) is 5.10. The first-order valence-corrected chi connectivity index (χ1v) is 6.17. The van der Waals surface area contributed by atoms with Gasteiger partial charge in [-0.15, -0.1) is 0 Å². The SMILES string of the molecule is Cc1cc(N2CC(CN)CC2=O)ccc1Br. The van der Waals surface area contributed by atoms with Crippen LogP contribution in [0.4, 0.5) is 5.69 Å². The Morgan fingerprint density at radius 1 is 1.56 bits per heavy atom. The van der Waals surface area contributed by atoms with E-state index in [0.717, 1.165) is 22.3 Å². The van der Waals surface area contributed by atoms with Crippen LogP contribution in [-0.4, -0.2) is 19.0 Å². The average molecular weight is 283 g/mol. The maximum absolute atomic E-state index is 11.8. The molecule has 1 saturated heterocycles. The number of anilines is 1. The lowest BCUT2D eigenvalue weighted by atomic mass is 10.1. The molecule has 1 aliphatic rings. The van der Waals surface area contributed by atoms with E-state index in [4.69, 9.17) is 5.73 Å². The van der Waals surface area contributed by atoms with Gasteiger partial charge in [-0.1, -0.05) is 15.9 Å². The number of aryl methyl sites for hydroxylation is 1. The molecule has 0 aliphatic carbocycles. The number of amides is 1. The van der Waals surface area contributed by atoms with Crippen LogP contribution in [0.1, 0.15) is 12.0 Å². The van der Waals surface area contributed by atoms with Crippen LogP contribution in [0.2, 0.25) is 0 Å². The maximum Gasteiger partial charge on any atom is 0.227 e. The van der Waals surface area contributed by atoms with Crippen molar-refractivity contribution in [1.29, 1.82) is 0 Å². The molecule has 0 saturated carbocycles. The van der Waals surface area contributed by atoms with Gasteiger partial charge in [0.25, 0.3) is 0 Å². The molecule has 3 nitrogen and oxygen atoms in total. The molecule has 0 spiro atoms. The Bertz CT molecular complexity index is 419. The minimum atomic E-state index is 0.178. The van der Waals surface area contributed by atoms with Crippen LogP contribution in [0.3, 0.4) is 0 Å². The van der Waals surface area contributed by atoms with Gasteiger partial charge in [0.1, 0.15) is 0 Å². The molecular weight excluding hydrogens is 268 g/mol. The van der Waals surface area contributed by atoms with Crippen molar-refractivity contribution in [3.05, 3.63) is 28.2 Å². The zero-order valence-electron chi connectivity index (χ0n) is 9.24. The van der Waals surface area contributed by atoms with Crippen molar-refractivity contribution in [3.8, 4) is 0 Å². The molecule has 1 atom stereocenters. The molecule has 0 aromatic heterocycles. The Morgan fingerprint density at radius 2 is 2.31 bits per heavy atom. The summed E-state index contributed by atoms with van der Waals surface area (Å²) in [5.41, 5.74) is 7.72. The molecule has 1 fully saturated rings. The Balaban J connectivity index is 2.24. The molecule has 16 heavy (non-hydrogen) atoms. The van der Waals surface area contributed by atoms with Gasteiger partial charge < -0.3 is 10.6 Å². The van der Waals surface area contributed by atoms with E-state index in [-0.39, 0.29) is 5.91 Å². The summed E-state index contributed by atoms with van der Waals surface area (Å²) in [4.78, 5) is 13.6. The number of nitrogens with two attached hydrogens (primary N) is 1. The van der Waals surface area contributed by atoms with Crippen molar-refractivity contribution in [1.82, 2.24) is 0 Å². The summed E-state index contributed by atoms with van der Waals surface area (Å²) >= 11 is 3.46. The molecule has 0 bridgehead atoms. The molecular formula is C12H15BrN2O. The summed E-state index contributed by atoms with van der Waals surface area (Å²) in [6.45, 7) is 3.35. The zero-order valence-corrected chi connectivity index (χ0v) is 10.8. The second kappa shape index (κ2) is 4.55. The van der Waals surface area contributed by atoms with Gasteiger partial charge in [0, 0.05) is 23.1 Å². The van der Waals surface area contributed by atoms with Gasteiger partial charge in [-0.3, -0.25) is 4.79 Å². The summed E-state index contributed by atoms with van der Waals surface area (Å²) in [6.07, 6.45) is 0.575. The first kappa shape index (κ1) is 11.6. The Morgan fingerprint density at radius 3 is 2.88 bits per heavy atom. The average Bonchev–Trinajstić information content (AvgIpc) is 2.64. The fourth-order valence-corrected chi connectivity index (χ4v) is 2.23. The number of nitrogens with zero attached hydrogens (tertiary/aromatic N) is 1. The molecule has 2 N–H and O–H groups in total. The normalized spacial score (nSPS) is 20.6. The summed E-state index contributed by atoms with van der Waals surface area (Å²) in [7, 11) is 0. The van der Waals surface area contributed by atoms with E-state index < -0.39 is 0 Å². The highest BCUT2D eigenvalue weighted by Gasteiger charge is 2.29. The molecule has 1 aliphatic heterocycles. The minimum Gasteiger partial charge on any atom is -0.330 e. The number of carbonyl (C=O) groups is 1. The standard InChI is InChI=1S/C12H15BrN2O/c1-8-4-10(2-3-11(8)13)15-7-9(6-14)5-12(15)16/h2-4,9H,5-7,14H2,1H3. The van der Waals surface area contributed by atoms with Crippen molar-refractivity contribution >= 4 is 27.5 Å². The highest BCUT2D eigenvalue weighted by Crippen LogP contribution is 2.27. The van der Waals surface area contributed by atoms with Crippen molar-refractivity contribution in [2.45, 2.75) is 13.3 Å². The van der Waals surface area contributed by atoms with Crippen LogP contribution >= 0.6 is 15.9 Å². The third kappa shape index (κ3) is 2.13. The van der Waals surface area contributed by atoms with Crippen LogP contribution in [-0.2, 0) is 4.79 Å². The molecule has 1 aromatic carbocycles. The third-order valence-electron chi connectivity index (χ3n) is 2.99. The summed E-state index contributed by atoms with van der Waals surface area (Å²) in [5, 5.41) is 0. The van der Waals surface area contributed by atoms with Gasteiger partial charge in [0.2, 0.25) is 5.91 Å². The predicted molar refractivity (Wildman–Crippen MR) is 68.4 cm³/mol. The van der Waals surface area contributed by atoms with Gasteiger partial charge >= 0.3 is 0 Å². The lowest BCUT2D eigenvalue weighted by Crippen LogP contribution is -2.25. The van der Waals surface area contributed by atoms with Gasteiger partial charge in [-0.05, 0) is 43.1 Å². The van der Waals surface area contributed by atoms with E-state index in [2.05, 4.69) is 15.9 Å². The predicted octanol–water partition coefficient (Wildman–Crippen LogP) is 2.07. The van der Waals surface area contributed by atoms with Crippen LogP contribution < -0.4 is 10.6 Å². The number of carbonyl (C=O) groups excluding carboxylic acids is 1. The Hall–Kier alpha value is -0.870. The van der Waals surface area contributed by atoms with Crippen LogP contribution in [0, 0.1) is 12.8 Å². The van der Waals surface area contributed by atoms with E-state index >= 15 is 0 Å². The van der Waals surface area contributed by atoms with E-state index in [1.54, 1.807) is 0 Å². The van der Waals surface area contributed by atoms with Crippen molar-refractivity contribution in [2.24, 2.45) is 11.7 Å². The smallest absolute Gasteiger partial charge is 0.227 e. The quantitative estimate of drug-likeness (QED) is 0.903. The highest BCUT2D eigenvalue weighted by molar-refractivity contribution is 9.10. The lowest BCUT2D eigenvalue weighted by Gasteiger charge is -2.17. The van der Waals surface area contributed by atoms with Crippen molar-refractivity contribution < 1.29 is 4.79 Å². The summed E-state index contributed by atoms with van der Waals surface area (Å²) in [5.74, 6) is 0.480. The molecule has 1 unspecified atom stereocenters. The van der Waals surface area contributed by atoms with Gasteiger partial charge in [0.05, 0.1) is 0 Å². The fraction of sp³-hybridized carbons (Fsp3) is 0.417. The molecule has 1 heterocycles. The second-order valence-electron chi connectivity index (χ2n) is 4.24. The molecule has 1 aromatic rings. The summed E-state index contributed by atoms with van der Waals surface area (Å²) in [6, 6.07) is 5.97. The van der Waals surface area contributed by atoms with Gasteiger partial charge in [-0.25, -0.2) is 0 Å². The van der Waals surface area contributed by atoms with Crippen molar-refractivity contribution in [2.75, 3.05) is 18.0 Å². The highest BCUT2D eigenvalue weighted by atomic mass is 79.9. The number of benzene rings is 1. The Labute approximate surface area is 104 Å². The largest absolute Gasteiger partial charge is 0.330 e. The topological polar surface area (TPSA) is 46.3 Å². The van der Waals surface area contributed by atoms with E-state index in [1.165, 1.54) is 0 Å². The Kier molecular flexibility index (Phi) is 3.30. The lowest BCUT2D eigenvalue weighted by molar-refractivity contribution is -0.117.